The van der Waals surface area contributed by atoms with Crippen molar-refractivity contribution in [3.05, 3.63) is 23.9 Å². The monoisotopic (exact) mass is 357 g/mol. The van der Waals surface area contributed by atoms with Crippen LogP contribution in [0.2, 0.25) is 0 Å². The van der Waals surface area contributed by atoms with Crippen LogP contribution in [0.25, 0.3) is 0 Å². The van der Waals surface area contributed by atoms with Crippen molar-refractivity contribution in [1.29, 1.82) is 0 Å². The number of hydrogen-bond donors (Lipinski definition) is 2. The summed E-state index contributed by atoms with van der Waals surface area (Å²) in [6, 6.07) is 2.38. The maximum atomic E-state index is 12.5. The Kier molecular flexibility index (Phi) is 6.13. The zero-order chi connectivity index (χ0) is 18.5. The van der Waals surface area contributed by atoms with Gasteiger partial charge in [-0.15, -0.1) is 0 Å². The minimum atomic E-state index is -4.35. The first-order valence-electron chi connectivity index (χ1n) is 8.44. The molecular formula is C17H26F3N5. The third-order valence-corrected chi connectivity index (χ3v) is 4.22. The van der Waals surface area contributed by atoms with Gasteiger partial charge in [-0.25, -0.2) is 4.98 Å². The third-order valence-electron chi connectivity index (χ3n) is 4.22. The fourth-order valence-corrected chi connectivity index (χ4v) is 2.80. The second-order valence-corrected chi connectivity index (χ2v) is 7.02. The number of nitrogens with one attached hydrogen (secondary N) is 2. The van der Waals surface area contributed by atoms with Gasteiger partial charge in [-0.3, -0.25) is 4.99 Å². The number of hydrogen-bond acceptors (Lipinski definition) is 3. The predicted molar refractivity (Wildman–Crippen MR) is 93.7 cm³/mol. The number of aliphatic imine (C=N–C) groups is 1. The third kappa shape index (κ3) is 5.79. The fourth-order valence-electron chi connectivity index (χ4n) is 2.80. The van der Waals surface area contributed by atoms with Crippen LogP contribution in [0.5, 0.6) is 0 Å². The molecule has 8 heteroatoms. The van der Waals surface area contributed by atoms with Crippen LogP contribution in [0.3, 0.4) is 0 Å². The van der Waals surface area contributed by atoms with Crippen molar-refractivity contribution in [2.24, 2.45) is 10.4 Å². The lowest BCUT2D eigenvalue weighted by Crippen LogP contribution is -2.41. The van der Waals surface area contributed by atoms with Crippen molar-refractivity contribution >= 4 is 11.8 Å². The summed E-state index contributed by atoms with van der Waals surface area (Å²) in [6.07, 6.45) is -1.55. The standard InChI is InChI=1S/C17H26F3N5/c1-16(2)7-10-25(12-16)15(21-3)23-9-4-8-22-14-6-5-13(11-24-14)17(18,19)20/h5-6,11H,4,7-10,12H2,1-3H3,(H,21,23)(H,22,24). The highest BCUT2D eigenvalue weighted by Crippen LogP contribution is 2.29. The number of nitrogens with zero attached hydrogens (tertiary/aromatic N) is 3. The van der Waals surface area contributed by atoms with Gasteiger partial charge in [0, 0.05) is 39.4 Å². The molecule has 0 atom stereocenters. The van der Waals surface area contributed by atoms with Crippen molar-refractivity contribution in [3.63, 3.8) is 0 Å². The molecule has 2 heterocycles. The molecule has 0 aromatic carbocycles. The van der Waals surface area contributed by atoms with E-state index in [1.54, 1.807) is 7.05 Å². The molecule has 0 saturated carbocycles. The Bertz CT molecular complexity index is 581. The van der Waals surface area contributed by atoms with Crippen LogP contribution in [0, 0.1) is 5.41 Å². The summed E-state index contributed by atoms with van der Waals surface area (Å²) >= 11 is 0. The molecule has 0 bridgehead atoms. The minimum absolute atomic E-state index is 0.313. The lowest BCUT2D eigenvalue weighted by Gasteiger charge is -2.23. The molecule has 5 nitrogen and oxygen atoms in total. The Morgan fingerprint density at radius 2 is 2.08 bits per heavy atom. The van der Waals surface area contributed by atoms with E-state index < -0.39 is 11.7 Å². The minimum Gasteiger partial charge on any atom is -0.370 e. The van der Waals surface area contributed by atoms with E-state index in [9.17, 15) is 13.2 Å². The highest BCUT2D eigenvalue weighted by Gasteiger charge is 2.31. The molecule has 1 saturated heterocycles. The summed E-state index contributed by atoms with van der Waals surface area (Å²) < 4.78 is 37.4. The van der Waals surface area contributed by atoms with E-state index >= 15 is 0 Å². The number of likely N-dealkylation sites (tertiary alicyclic amines) is 1. The smallest absolute Gasteiger partial charge is 0.370 e. The Balaban J connectivity index is 1.69. The maximum absolute atomic E-state index is 12.5. The average Bonchev–Trinajstić information content (AvgIpc) is 2.90. The Morgan fingerprint density at radius 1 is 1.32 bits per heavy atom. The first-order valence-corrected chi connectivity index (χ1v) is 8.44. The predicted octanol–water partition coefficient (Wildman–Crippen LogP) is 3.21. The topological polar surface area (TPSA) is 52.6 Å². The van der Waals surface area contributed by atoms with E-state index in [0.717, 1.165) is 50.7 Å². The Morgan fingerprint density at radius 3 is 2.60 bits per heavy atom. The number of guanidine groups is 1. The highest BCUT2D eigenvalue weighted by molar-refractivity contribution is 5.80. The summed E-state index contributed by atoms with van der Waals surface area (Å²) in [6.45, 7) is 7.84. The number of rotatable bonds is 5. The number of halogens is 3. The van der Waals surface area contributed by atoms with Gasteiger partial charge < -0.3 is 15.5 Å². The Hall–Kier alpha value is -1.99. The zero-order valence-electron chi connectivity index (χ0n) is 15.0. The molecule has 0 amide bonds. The quantitative estimate of drug-likeness (QED) is 0.483. The van der Waals surface area contributed by atoms with E-state index in [2.05, 4.69) is 39.4 Å². The first-order chi connectivity index (χ1) is 11.7. The normalized spacial score (nSPS) is 17.7. The van der Waals surface area contributed by atoms with Gasteiger partial charge in [0.2, 0.25) is 0 Å². The number of pyridine rings is 1. The molecule has 0 radical (unpaired) electrons. The molecule has 140 valence electrons. The molecule has 1 aliphatic rings. The van der Waals surface area contributed by atoms with Crippen LogP contribution in [-0.2, 0) is 6.18 Å². The van der Waals surface area contributed by atoms with Gasteiger partial charge >= 0.3 is 6.18 Å². The van der Waals surface area contributed by atoms with Crippen molar-refractivity contribution < 1.29 is 13.2 Å². The number of aromatic nitrogens is 1. The van der Waals surface area contributed by atoms with Crippen molar-refractivity contribution in [2.45, 2.75) is 32.9 Å². The van der Waals surface area contributed by atoms with E-state index in [-0.39, 0.29) is 0 Å². The van der Waals surface area contributed by atoms with Crippen LogP contribution in [0.1, 0.15) is 32.3 Å². The summed E-state index contributed by atoms with van der Waals surface area (Å²) in [5.41, 5.74) is -0.426. The van der Waals surface area contributed by atoms with E-state index in [4.69, 9.17) is 0 Å². The average molecular weight is 357 g/mol. The van der Waals surface area contributed by atoms with Gasteiger partial charge in [-0.05, 0) is 30.4 Å². The zero-order valence-corrected chi connectivity index (χ0v) is 15.0. The molecule has 1 aliphatic heterocycles. The van der Waals surface area contributed by atoms with E-state index in [0.29, 0.717) is 17.8 Å². The molecule has 0 unspecified atom stereocenters. The fraction of sp³-hybridized carbons (Fsp3) is 0.647. The Labute approximate surface area is 146 Å². The molecule has 0 spiro atoms. The van der Waals surface area contributed by atoms with Crippen LogP contribution >= 0.6 is 0 Å². The highest BCUT2D eigenvalue weighted by atomic mass is 19.4. The van der Waals surface area contributed by atoms with Gasteiger partial charge in [0.15, 0.2) is 5.96 Å². The van der Waals surface area contributed by atoms with Gasteiger partial charge in [0.05, 0.1) is 5.56 Å². The molecule has 1 aromatic heterocycles. The molecule has 1 aromatic rings. The van der Waals surface area contributed by atoms with E-state index in [1.165, 1.54) is 6.07 Å². The molecular weight excluding hydrogens is 331 g/mol. The van der Waals surface area contributed by atoms with Crippen LogP contribution in [-0.4, -0.2) is 49.1 Å². The van der Waals surface area contributed by atoms with Crippen molar-refractivity contribution in [1.82, 2.24) is 15.2 Å². The summed E-state index contributed by atoms with van der Waals surface area (Å²) in [5.74, 6) is 1.34. The molecule has 2 N–H and O–H groups in total. The lowest BCUT2D eigenvalue weighted by atomic mass is 9.93. The van der Waals surface area contributed by atoms with Gasteiger partial charge in [0.25, 0.3) is 0 Å². The first kappa shape index (κ1) is 19.3. The second-order valence-electron chi connectivity index (χ2n) is 7.02. The molecule has 0 aliphatic carbocycles. The number of anilines is 1. The van der Waals surface area contributed by atoms with Crippen LogP contribution in [0.4, 0.5) is 19.0 Å². The molecule has 1 fully saturated rings. The van der Waals surface area contributed by atoms with Crippen LogP contribution < -0.4 is 10.6 Å². The number of alkyl halides is 3. The summed E-state index contributed by atoms with van der Waals surface area (Å²) in [4.78, 5) is 10.4. The second kappa shape index (κ2) is 7.93. The van der Waals surface area contributed by atoms with Crippen molar-refractivity contribution in [2.75, 3.05) is 38.5 Å². The van der Waals surface area contributed by atoms with E-state index in [1.807, 2.05) is 0 Å². The largest absolute Gasteiger partial charge is 0.417 e. The lowest BCUT2D eigenvalue weighted by molar-refractivity contribution is -0.137. The van der Waals surface area contributed by atoms with Gasteiger partial charge in [-0.2, -0.15) is 13.2 Å². The molecule has 2 rings (SSSR count). The van der Waals surface area contributed by atoms with Gasteiger partial charge in [0.1, 0.15) is 5.82 Å². The van der Waals surface area contributed by atoms with Crippen molar-refractivity contribution in [3.8, 4) is 0 Å². The van der Waals surface area contributed by atoms with Crippen LogP contribution in [0.15, 0.2) is 23.3 Å². The molecule has 25 heavy (non-hydrogen) atoms. The summed E-state index contributed by atoms with van der Waals surface area (Å²) in [5, 5.41) is 6.36. The maximum Gasteiger partial charge on any atom is 0.417 e. The van der Waals surface area contributed by atoms with Gasteiger partial charge in [-0.1, -0.05) is 13.8 Å². The SMILES string of the molecule is CN=C(NCCCNc1ccc(C(F)(F)F)cn1)N1CCC(C)(C)C1. The summed E-state index contributed by atoms with van der Waals surface area (Å²) in [7, 11) is 1.78.